The van der Waals surface area contributed by atoms with Crippen LogP contribution in [0.1, 0.15) is 57.4 Å². The number of aliphatic hydroxyl groups excluding tert-OH is 2. The standard InChI is InChI=1S/C26H29NO3.C2H7N/c1-26-13-24(29)20-11-17-10-18(28)5-2-15(17)3-6-19(20)22(26)8-7-21(26)16-4-9-23-25(12-16)30-14-27-23;1-3-2/h4,7,9,11-12,14-15,18,22,24,28-29H,2-3,5-6,8,10,13H2,1H3;3H,1-2H3. The molecule has 1 fully saturated rings. The van der Waals surface area contributed by atoms with E-state index < -0.39 is 6.10 Å². The van der Waals surface area contributed by atoms with Gasteiger partial charge >= 0.3 is 0 Å². The van der Waals surface area contributed by atoms with E-state index in [9.17, 15) is 10.2 Å². The van der Waals surface area contributed by atoms with Crippen LogP contribution in [0.5, 0.6) is 0 Å². The highest BCUT2D eigenvalue weighted by molar-refractivity contribution is 5.82. The summed E-state index contributed by atoms with van der Waals surface area (Å²) in [6, 6.07) is 6.27. The number of aliphatic hydroxyl groups is 2. The van der Waals surface area contributed by atoms with Gasteiger partial charge in [-0.25, -0.2) is 4.98 Å². The maximum Gasteiger partial charge on any atom is 0.181 e. The van der Waals surface area contributed by atoms with Crippen LogP contribution in [0.15, 0.2) is 57.9 Å². The van der Waals surface area contributed by atoms with E-state index in [0.29, 0.717) is 11.8 Å². The average Bonchev–Trinajstić information content (AvgIpc) is 3.33. The summed E-state index contributed by atoms with van der Waals surface area (Å²) in [5.41, 5.74) is 8.13. The number of hydrogen-bond acceptors (Lipinski definition) is 5. The van der Waals surface area contributed by atoms with E-state index in [2.05, 4.69) is 41.5 Å². The molecule has 2 aromatic rings. The van der Waals surface area contributed by atoms with E-state index in [1.807, 2.05) is 20.2 Å². The van der Waals surface area contributed by atoms with Gasteiger partial charge in [-0.3, -0.25) is 0 Å². The van der Waals surface area contributed by atoms with Crippen molar-refractivity contribution in [3.8, 4) is 0 Å². The summed E-state index contributed by atoms with van der Waals surface area (Å²) in [5.74, 6) is 1.01. The van der Waals surface area contributed by atoms with Crippen molar-refractivity contribution in [3.63, 3.8) is 0 Å². The SMILES string of the molecule is CC12CC(O)C3=C(CCC4CCC(O)CC4=C3)C1CC=C2c1ccc2ncoc2c1.CNC. The van der Waals surface area contributed by atoms with E-state index in [1.165, 1.54) is 28.7 Å². The number of oxazole rings is 1. The maximum atomic E-state index is 11.3. The summed E-state index contributed by atoms with van der Waals surface area (Å²) < 4.78 is 5.55. The van der Waals surface area contributed by atoms with Gasteiger partial charge in [-0.1, -0.05) is 36.3 Å². The number of hydrogen-bond donors (Lipinski definition) is 3. The van der Waals surface area contributed by atoms with Crippen molar-refractivity contribution in [2.75, 3.05) is 14.1 Å². The van der Waals surface area contributed by atoms with Gasteiger partial charge in [0, 0.05) is 5.41 Å². The smallest absolute Gasteiger partial charge is 0.181 e. The van der Waals surface area contributed by atoms with Crippen LogP contribution in [-0.4, -0.2) is 41.5 Å². The first-order valence-corrected chi connectivity index (χ1v) is 12.4. The Hall–Kier alpha value is -2.21. The Morgan fingerprint density at radius 2 is 1.97 bits per heavy atom. The number of nitrogens with zero attached hydrogens (tertiary/aromatic N) is 1. The molecule has 1 aromatic heterocycles. The number of fused-ring (bicyclic) bond motifs is 4. The minimum absolute atomic E-state index is 0.0700. The zero-order valence-corrected chi connectivity index (χ0v) is 20.0. The van der Waals surface area contributed by atoms with E-state index >= 15 is 0 Å². The molecular weight excluding hydrogens is 412 g/mol. The van der Waals surface area contributed by atoms with Crippen LogP contribution in [0.3, 0.4) is 0 Å². The molecule has 0 radical (unpaired) electrons. The zero-order valence-electron chi connectivity index (χ0n) is 20.0. The predicted molar refractivity (Wildman–Crippen MR) is 131 cm³/mol. The third-order valence-corrected chi connectivity index (χ3v) is 8.30. The highest BCUT2D eigenvalue weighted by Gasteiger charge is 2.49. The fourth-order valence-electron chi connectivity index (χ4n) is 6.76. The summed E-state index contributed by atoms with van der Waals surface area (Å²) in [6.07, 6.45) is 12.3. The Morgan fingerprint density at radius 3 is 2.79 bits per heavy atom. The molecule has 0 saturated heterocycles. The summed E-state index contributed by atoms with van der Waals surface area (Å²) in [6.45, 7) is 2.34. The highest BCUT2D eigenvalue weighted by atomic mass is 16.3. The number of benzene rings is 1. The van der Waals surface area contributed by atoms with Gasteiger partial charge in [-0.2, -0.15) is 0 Å². The van der Waals surface area contributed by atoms with E-state index in [4.69, 9.17) is 4.42 Å². The lowest BCUT2D eigenvalue weighted by atomic mass is 9.61. The average molecular weight is 449 g/mol. The Kier molecular flexibility index (Phi) is 6.06. The summed E-state index contributed by atoms with van der Waals surface area (Å²) in [5, 5.41) is 24.2. The molecule has 6 rings (SSSR count). The van der Waals surface area contributed by atoms with Crippen LogP contribution >= 0.6 is 0 Å². The molecule has 1 heterocycles. The van der Waals surface area contributed by atoms with Crippen molar-refractivity contribution in [1.29, 1.82) is 0 Å². The minimum atomic E-state index is -0.443. The molecule has 1 saturated carbocycles. The Bertz CT molecular complexity index is 1130. The summed E-state index contributed by atoms with van der Waals surface area (Å²) >= 11 is 0. The molecule has 5 nitrogen and oxygen atoms in total. The third-order valence-electron chi connectivity index (χ3n) is 8.30. The van der Waals surface area contributed by atoms with Crippen molar-refractivity contribution in [2.45, 2.75) is 64.1 Å². The van der Waals surface area contributed by atoms with Crippen molar-refractivity contribution < 1.29 is 14.6 Å². The fourth-order valence-corrected chi connectivity index (χ4v) is 6.76. The molecule has 1 aromatic carbocycles. The quantitative estimate of drug-likeness (QED) is 0.571. The number of rotatable bonds is 1. The molecule has 4 aliphatic rings. The van der Waals surface area contributed by atoms with Gasteiger partial charge < -0.3 is 19.9 Å². The van der Waals surface area contributed by atoms with Crippen LogP contribution in [0.2, 0.25) is 0 Å². The summed E-state index contributed by atoms with van der Waals surface area (Å²) in [4.78, 5) is 4.24. The lowest BCUT2D eigenvalue weighted by molar-refractivity contribution is 0.124. The van der Waals surface area contributed by atoms with E-state index in [-0.39, 0.29) is 11.5 Å². The largest absolute Gasteiger partial charge is 0.443 e. The molecule has 0 amide bonds. The maximum absolute atomic E-state index is 11.3. The van der Waals surface area contributed by atoms with Crippen molar-refractivity contribution in [3.05, 3.63) is 59.0 Å². The molecule has 4 aliphatic carbocycles. The monoisotopic (exact) mass is 448 g/mol. The molecule has 0 spiro atoms. The Morgan fingerprint density at radius 1 is 1.15 bits per heavy atom. The van der Waals surface area contributed by atoms with Crippen LogP contribution in [0, 0.1) is 17.3 Å². The fraction of sp³-hybridized carbons (Fsp3) is 0.536. The van der Waals surface area contributed by atoms with Crippen LogP contribution in [0.25, 0.3) is 16.7 Å². The third kappa shape index (κ3) is 3.90. The Labute approximate surface area is 196 Å². The molecule has 33 heavy (non-hydrogen) atoms. The van der Waals surface area contributed by atoms with Crippen LogP contribution in [0.4, 0.5) is 0 Å². The molecule has 0 aliphatic heterocycles. The topological polar surface area (TPSA) is 78.5 Å². The second-order valence-electron chi connectivity index (χ2n) is 10.4. The predicted octanol–water partition coefficient (Wildman–Crippen LogP) is 5.02. The molecular formula is C28H36N2O3. The van der Waals surface area contributed by atoms with Crippen molar-refractivity contribution in [1.82, 2.24) is 10.3 Å². The number of nitrogens with one attached hydrogen (secondary N) is 1. The minimum Gasteiger partial charge on any atom is -0.443 e. The van der Waals surface area contributed by atoms with Crippen LogP contribution < -0.4 is 5.32 Å². The van der Waals surface area contributed by atoms with Gasteiger partial charge in [-0.15, -0.1) is 0 Å². The van der Waals surface area contributed by atoms with Gasteiger partial charge in [0.25, 0.3) is 0 Å². The highest BCUT2D eigenvalue weighted by Crippen LogP contribution is 2.59. The lowest BCUT2D eigenvalue weighted by Crippen LogP contribution is -2.37. The Balaban J connectivity index is 0.000000724. The molecule has 0 bridgehead atoms. The van der Waals surface area contributed by atoms with Gasteiger partial charge in [0.2, 0.25) is 0 Å². The van der Waals surface area contributed by atoms with E-state index in [1.54, 1.807) is 0 Å². The first-order chi connectivity index (χ1) is 15.9. The van der Waals surface area contributed by atoms with E-state index in [0.717, 1.165) is 61.6 Å². The second kappa shape index (κ2) is 8.86. The molecule has 5 unspecified atom stereocenters. The van der Waals surface area contributed by atoms with Gasteiger partial charge in [-0.05, 0) is 99.7 Å². The summed E-state index contributed by atoms with van der Waals surface area (Å²) in [7, 11) is 3.75. The number of aromatic nitrogens is 1. The molecule has 5 atom stereocenters. The first kappa shape index (κ1) is 22.6. The van der Waals surface area contributed by atoms with Gasteiger partial charge in [0.05, 0.1) is 12.2 Å². The van der Waals surface area contributed by atoms with Crippen molar-refractivity contribution in [2.24, 2.45) is 17.3 Å². The molecule has 3 N–H and O–H groups in total. The number of allylic oxidation sites excluding steroid dienone is 3. The normalized spacial score (nSPS) is 33.2. The van der Waals surface area contributed by atoms with Gasteiger partial charge in [0.15, 0.2) is 12.0 Å². The lowest BCUT2D eigenvalue weighted by Gasteiger charge is -2.43. The van der Waals surface area contributed by atoms with Crippen LogP contribution in [-0.2, 0) is 0 Å². The second-order valence-corrected chi connectivity index (χ2v) is 10.4. The molecule has 5 heteroatoms. The van der Waals surface area contributed by atoms with Gasteiger partial charge in [0.1, 0.15) is 5.52 Å². The molecule has 176 valence electrons. The van der Waals surface area contributed by atoms with Crippen molar-refractivity contribution >= 4 is 16.7 Å². The first-order valence-electron chi connectivity index (χ1n) is 12.4. The zero-order chi connectivity index (χ0) is 23.2.